The molecule has 0 aromatic heterocycles. The fraction of sp³-hybridized carbons (Fsp3) is 0.385. The molecule has 5 nitrogen and oxygen atoms in total. The maximum Gasteiger partial charge on any atom is 0.325 e. The van der Waals surface area contributed by atoms with Crippen LogP contribution in [0, 0.1) is 13.8 Å². The van der Waals surface area contributed by atoms with Crippen molar-refractivity contribution in [1.29, 1.82) is 0 Å². The molecule has 0 spiro atoms. The molecule has 0 aliphatic carbocycles. The van der Waals surface area contributed by atoms with Crippen LogP contribution in [-0.4, -0.2) is 30.4 Å². The molecular weight excluding hydrogens is 230 g/mol. The monoisotopic (exact) mass is 247 g/mol. The molecule has 2 rings (SSSR count). The summed E-state index contributed by atoms with van der Waals surface area (Å²) >= 11 is 0. The van der Waals surface area contributed by atoms with Gasteiger partial charge in [-0.1, -0.05) is 18.2 Å². The Bertz CT molecular complexity index is 527. The zero-order valence-electron chi connectivity index (χ0n) is 10.8. The summed E-state index contributed by atoms with van der Waals surface area (Å²) in [6, 6.07) is 5.26. The predicted octanol–water partition coefficient (Wildman–Crippen LogP) is 0.639. The largest absolute Gasteiger partial charge is 0.327 e. The summed E-state index contributed by atoms with van der Waals surface area (Å²) in [5.41, 5.74) is 7.55. The third kappa shape index (κ3) is 1.59. The van der Waals surface area contributed by atoms with E-state index in [0.29, 0.717) is 0 Å². The van der Waals surface area contributed by atoms with Crippen LogP contribution in [0.1, 0.15) is 16.7 Å². The third-order valence-electron chi connectivity index (χ3n) is 3.60. The molecule has 5 heteroatoms. The second kappa shape index (κ2) is 4.10. The molecule has 0 saturated carbocycles. The lowest BCUT2D eigenvalue weighted by Gasteiger charge is -2.25. The van der Waals surface area contributed by atoms with Crippen molar-refractivity contribution < 1.29 is 9.59 Å². The number of urea groups is 1. The summed E-state index contributed by atoms with van der Waals surface area (Å²) in [7, 11) is 1.45. The molecule has 1 unspecified atom stereocenters. The van der Waals surface area contributed by atoms with E-state index in [2.05, 4.69) is 5.32 Å². The lowest BCUT2D eigenvalue weighted by atomic mass is 9.88. The van der Waals surface area contributed by atoms with Crippen molar-refractivity contribution in [2.24, 2.45) is 5.73 Å². The second-order valence-electron chi connectivity index (χ2n) is 4.70. The number of imide groups is 1. The highest BCUT2D eigenvalue weighted by atomic mass is 16.2. The third-order valence-corrected chi connectivity index (χ3v) is 3.60. The van der Waals surface area contributed by atoms with E-state index in [0.717, 1.165) is 21.6 Å². The molecule has 96 valence electrons. The first-order chi connectivity index (χ1) is 8.42. The van der Waals surface area contributed by atoms with Crippen molar-refractivity contribution in [2.45, 2.75) is 19.4 Å². The fourth-order valence-corrected chi connectivity index (χ4v) is 2.16. The van der Waals surface area contributed by atoms with E-state index in [1.165, 1.54) is 7.05 Å². The average molecular weight is 247 g/mol. The average Bonchev–Trinajstić information content (AvgIpc) is 2.58. The number of carbonyl (C=O) groups excluding carboxylic acids is 2. The van der Waals surface area contributed by atoms with Gasteiger partial charge in [0.1, 0.15) is 0 Å². The summed E-state index contributed by atoms with van der Waals surface area (Å²) < 4.78 is 0. The number of nitrogens with one attached hydrogen (secondary N) is 1. The minimum Gasteiger partial charge on any atom is -0.327 e. The molecule has 3 N–H and O–H groups in total. The van der Waals surface area contributed by atoms with E-state index in [1.54, 1.807) is 0 Å². The number of hydrogen-bond acceptors (Lipinski definition) is 3. The fourth-order valence-electron chi connectivity index (χ4n) is 2.16. The maximum absolute atomic E-state index is 12.2. The molecule has 1 saturated heterocycles. The van der Waals surface area contributed by atoms with Crippen molar-refractivity contribution >= 4 is 11.9 Å². The minimum atomic E-state index is -1.12. The predicted molar refractivity (Wildman–Crippen MR) is 68.0 cm³/mol. The van der Waals surface area contributed by atoms with Crippen molar-refractivity contribution in [3.05, 3.63) is 34.9 Å². The Hall–Kier alpha value is -1.88. The van der Waals surface area contributed by atoms with Gasteiger partial charge < -0.3 is 11.1 Å². The summed E-state index contributed by atoms with van der Waals surface area (Å²) in [5.74, 6) is -0.307. The smallest absolute Gasteiger partial charge is 0.325 e. The van der Waals surface area contributed by atoms with Gasteiger partial charge >= 0.3 is 6.03 Å². The number of hydrogen-bond donors (Lipinski definition) is 2. The number of nitrogens with two attached hydrogens (primary N) is 1. The van der Waals surface area contributed by atoms with E-state index in [1.807, 2.05) is 32.0 Å². The number of nitrogens with zero attached hydrogens (tertiary/aromatic N) is 1. The standard InChI is InChI=1S/C13H17N3O2/c1-8-4-5-10(6-9(8)2)13(7-14)11(17)16(3)12(18)15-13/h4-6H,7,14H2,1-3H3,(H,15,18). The first kappa shape index (κ1) is 12.6. The number of amides is 3. The molecule has 1 aliphatic rings. The van der Waals surface area contributed by atoms with Gasteiger partial charge in [0.2, 0.25) is 0 Å². The Morgan fingerprint density at radius 1 is 1.28 bits per heavy atom. The molecule has 1 fully saturated rings. The van der Waals surface area contributed by atoms with Crippen LogP contribution in [0.3, 0.4) is 0 Å². The summed E-state index contributed by atoms with van der Waals surface area (Å²) in [6.45, 7) is 4.01. The topological polar surface area (TPSA) is 75.4 Å². The normalized spacial score (nSPS) is 23.4. The van der Waals surface area contributed by atoms with Gasteiger partial charge in [-0.2, -0.15) is 0 Å². The Labute approximate surface area is 106 Å². The summed E-state index contributed by atoms with van der Waals surface area (Å²) in [5, 5.41) is 2.69. The van der Waals surface area contributed by atoms with E-state index >= 15 is 0 Å². The highest BCUT2D eigenvalue weighted by Crippen LogP contribution is 2.28. The van der Waals surface area contributed by atoms with Crippen LogP contribution < -0.4 is 11.1 Å². The van der Waals surface area contributed by atoms with E-state index < -0.39 is 11.6 Å². The Kier molecular flexibility index (Phi) is 2.86. The lowest BCUT2D eigenvalue weighted by Crippen LogP contribution is -2.50. The van der Waals surface area contributed by atoms with Gasteiger partial charge in [-0.3, -0.25) is 9.69 Å². The Morgan fingerprint density at radius 2 is 1.94 bits per heavy atom. The summed E-state index contributed by atoms with van der Waals surface area (Å²) in [4.78, 5) is 24.9. The van der Waals surface area contributed by atoms with Crippen molar-refractivity contribution in [3.8, 4) is 0 Å². The van der Waals surface area contributed by atoms with Crippen LogP contribution >= 0.6 is 0 Å². The molecule has 0 bridgehead atoms. The Balaban J connectivity index is 2.54. The molecule has 1 aromatic carbocycles. The molecule has 1 atom stereocenters. The van der Waals surface area contributed by atoms with Gasteiger partial charge in [0.25, 0.3) is 5.91 Å². The summed E-state index contributed by atoms with van der Waals surface area (Å²) in [6.07, 6.45) is 0. The van der Waals surface area contributed by atoms with Crippen LogP contribution in [-0.2, 0) is 10.3 Å². The van der Waals surface area contributed by atoms with Crippen LogP contribution in [0.4, 0.5) is 4.79 Å². The first-order valence-electron chi connectivity index (χ1n) is 5.80. The first-order valence-corrected chi connectivity index (χ1v) is 5.80. The van der Waals surface area contributed by atoms with Crippen molar-refractivity contribution in [2.75, 3.05) is 13.6 Å². The zero-order valence-corrected chi connectivity index (χ0v) is 10.8. The SMILES string of the molecule is Cc1ccc(C2(CN)NC(=O)N(C)C2=O)cc1C. The zero-order chi connectivity index (χ0) is 13.5. The van der Waals surface area contributed by atoms with Crippen molar-refractivity contribution in [1.82, 2.24) is 10.2 Å². The number of benzene rings is 1. The molecule has 18 heavy (non-hydrogen) atoms. The lowest BCUT2D eigenvalue weighted by molar-refractivity contribution is -0.130. The van der Waals surface area contributed by atoms with Gasteiger partial charge in [-0.05, 0) is 30.5 Å². The second-order valence-corrected chi connectivity index (χ2v) is 4.70. The molecule has 3 amide bonds. The van der Waals surface area contributed by atoms with Gasteiger partial charge in [-0.25, -0.2) is 4.79 Å². The highest BCUT2D eigenvalue weighted by Gasteiger charge is 2.50. The highest BCUT2D eigenvalue weighted by molar-refractivity contribution is 6.07. The van der Waals surface area contributed by atoms with Crippen LogP contribution in [0.25, 0.3) is 0 Å². The molecule has 0 radical (unpaired) electrons. The van der Waals surface area contributed by atoms with Gasteiger partial charge in [0.15, 0.2) is 5.54 Å². The number of aryl methyl sites for hydroxylation is 2. The van der Waals surface area contributed by atoms with E-state index in [4.69, 9.17) is 5.73 Å². The molecule has 1 aliphatic heterocycles. The van der Waals surface area contributed by atoms with Gasteiger partial charge in [-0.15, -0.1) is 0 Å². The quantitative estimate of drug-likeness (QED) is 0.753. The van der Waals surface area contributed by atoms with Crippen LogP contribution in [0.2, 0.25) is 0 Å². The van der Waals surface area contributed by atoms with Gasteiger partial charge in [0.05, 0.1) is 0 Å². The van der Waals surface area contributed by atoms with E-state index in [-0.39, 0.29) is 12.5 Å². The van der Waals surface area contributed by atoms with Crippen LogP contribution in [0.5, 0.6) is 0 Å². The number of rotatable bonds is 2. The number of carbonyl (C=O) groups is 2. The molecule has 1 heterocycles. The van der Waals surface area contributed by atoms with Crippen LogP contribution in [0.15, 0.2) is 18.2 Å². The molecule has 1 aromatic rings. The van der Waals surface area contributed by atoms with Gasteiger partial charge in [0, 0.05) is 13.6 Å². The van der Waals surface area contributed by atoms with Crippen molar-refractivity contribution in [3.63, 3.8) is 0 Å². The minimum absolute atomic E-state index is 0.0460. The Morgan fingerprint density at radius 3 is 2.39 bits per heavy atom. The maximum atomic E-state index is 12.2. The molecular formula is C13H17N3O2. The van der Waals surface area contributed by atoms with E-state index in [9.17, 15) is 9.59 Å². The number of likely N-dealkylation sites (N-methyl/N-ethyl adjacent to an activating group) is 1.